The average molecular weight is 142 g/mol. The largest absolute Gasteiger partial charge is 0.374 e. The molecule has 0 radical (unpaired) electrons. The van der Waals surface area contributed by atoms with Crippen molar-refractivity contribution < 1.29 is 5.11 Å². The van der Waals surface area contributed by atoms with Gasteiger partial charge in [-0.25, -0.2) is 4.68 Å². The van der Waals surface area contributed by atoms with Gasteiger partial charge >= 0.3 is 0 Å². The van der Waals surface area contributed by atoms with Crippen molar-refractivity contribution in [1.82, 2.24) is 9.78 Å². The summed E-state index contributed by atoms with van der Waals surface area (Å²) < 4.78 is 0.808. The third-order valence-corrected chi connectivity index (χ3v) is 1.03. The number of hydrogen-bond donors (Lipinski definition) is 2. The monoisotopic (exact) mass is 142 g/mol. The summed E-state index contributed by atoms with van der Waals surface area (Å²) in [6, 6.07) is 2.20. The first-order valence-corrected chi connectivity index (χ1v) is 2.65. The van der Waals surface area contributed by atoms with Crippen LogP contribution >= 0.6 is 0 Å². The molecule has 0 atom stereocenters. The lowest BCUT2D eigenvalue weighted by molar-refractivity contribution is 0.187. The van der Waals surface area contributed by atoms with Gasteiger partial charge in [0.2, 0.25) is 0 Å². The molecule has 0 unspecified atom stereocenters. The summed E-state index contributed by atoms with van der Waals surface area (Å²) in [6.07, 6.45) is 0. The summed E-state index contributed by atoms with van der Waals surface area (Å²) in [4.78, 5) is 21.1. The van der Waals surface area contributed by atoms with E-state index in [1.54, 1.807) is 0 Å². The first-order chi connectivity index (χ1) is 4.74. The summed E-state index contributed by atoms with van der Waals surface area (Å²) >= 11 is 0. The van der Waals surface area contributed by atoms with Crippen molar-refractivity contribution in [3.8, 4) is 0 Å². The first-order valence-electron chi connectivity index (χ1n) is 2.65. The second-order valence-electron chi connectivity index (χ2n) is 1.72. The molecule has 0 aliphatic carbocycles. The van der Waals surface area contributed by atoms with E-state index in [0.29, 0.717) is 0 Å². The van der Waals surface area contributed by atoms with E-state index in [-0.39, 0.29) is 0 Å². The number of rotatable bonds is 1. The Bertz CT molecular complexity index is 324. The van der Waals surface area contributed by atoms with Gasteiger partial charge in [0.25, 0.3) is 11.1 Å². The zero-order chi connectivity index (χ0) is 7.56. The maximum absolute atomic E-state index is 10.6. The Balaban J connectivity index is 3.36. The molecule has 0 saturated carbocycles. The Kier molecular flexibility index (Phi) is 1.68. The van der Waals surface area contributed by atoms with E-state index in [0.717, 1.165) is 16.8 Å². The van der Waals surface area contributed by atoms with Crippen LogP contribution in [0.25, 0.3) is 0 Å². The predicted molar refractivity (Wildman–Crippen MR) is 33.5 cm³/mol. The minimum atomic E-state index is -0.505. The number of aromatic amines is 1. The molecule has 1 rings (SSSR count). The van der Waals surface area contributed by atoms with Gasteiger partial charge in [-0.15, -0.1) is 0 Å². The van der Waals surface area contributed by atoms with E-state index in [2.05, 4.69) is 5.10 Å². The van der Waals surface area contributed by atoms with E-state index in [1.165, 1.54) is 0 Å². The highest BCUT2D eigenvalue weighted by Gasteiger charge is 1.90. The molecule has 54 valence electrons. The zero-order valence-electron chi connectivity index (χ0n) is 5.07. The van der Waals surface area contributed by atoms with E-state index in [4.69, 9.17) is 5.11 Å². The lowest BCUT2D eigenvalue weighted by Gasteiger charge is -1.95. The second-order valence-corrected chi connectivity index (χ2v) is 1.72. The topological polar surface area (TPSA) is 75.1 Å². The highest BCUT2D eigenvalue weighted by atomic mass is 16.3. The minimum absolute atomic E-state index is 0.409. The number of nitrogens with zero attached hydrogens (tertiary/aromatic N) is 1. The van der Waals surface area contributed by atoms with E-state index < -0.39 is 17.8 Å². The molecule has 5 nitrogen and oxygen atoms in total. The van der Waals surface area contributed by atoms with Gasteiger partial charge in [0.1, 0.15) is 6.73 Å². The van der Waals surface area contributed by atoms with Crippen LogP contribution in [0.15, 0.2) is 21.7 Å². The average Bonchev–Trinajstić information content (AvgIpc) is 1.94. The third kappa shape index (κ3) is 1.14. The fraction of sp³-hybridized carbons (Fsp3) is 0.200. The van der Waals surface area contributed by atoms with Crippen molar-refractivity contribution in [3.63, 3.8) is 0 Å². The molecule has 0 aliphatic rings. The van der Waals surface area contributed by atoms with E-state index >= 15 is 0 Å². The van der Waals surface area contributed by atoms with Crippen LogP contribution in [0.2, 0.25) is 0 Å². The highest BCUT2D eigenvalue weighted by Crippen LogP contribution is 1.64. The van der Waals surface area contributed by atoms with Gasteiger partial charge in [-0.05, 0) is 0 Å². The van der Waals surface area contributed by atoms with Crippen LogP contribution in [0.3, 0.4) is 0 Å². The fourth-order valence-electron chi connectivity index (χ4n) is 0.567. The van der Waals surface area contributed by atoms with Crippen molar-refractivity contribution >= 4 is 0 Å². The Morgan fingerprint density at radius 3 is 2.70 bits per heavy atom. The van der Waals surface area contributed by atoms with Crippen LogP contribution in [-0.2, 0) is 6.73 Å². The standard InChI is InChI=1S/C5H6N2O3/c8-3-7-5(10)2-1-4(9)6-7/h1-2,8H,3H2,(H,6,9). The number of hydrogen-bond acceptors (Lipinski definition) is 3. The Labute approximate surface area is 55.5 Å². The van der Waals surface area contributed by atoms with Gasteiger partial charge in [0.15, 0.2) is 0 Å². The first kappa shape index (κ1) is 6.76. The SMILES string of the molecule is O=c1ccc(=O)n(CO)[nH]1. The quantitative estimate of drug-likeness (QED) is 0.500. The smallest absolute Gasteiger partial charge is 0.267 e. The van der Waals surface area contributed by atoms with Crippen molar-refractivity contribution in [3.05, 3.63) is 32.8 Å². The van der Waals surface area contributed by atoms with Crippen LogP contribution in [0.4, 0.5) is 0 Å². The third-order valence-electron chi connectivity index (χ3n) is 1.03. The molecule has 0 aromatic carbocycles. The van der Waals surface area contributed by atoms with Crippen molar-refractivity contribution in [2.24, 2.45) is 0 Å². The molecule has 1 aromatic heterocycles. The molecular formula is C5H6N2O3. The van der Waals surface area contributed by atoms with Crippen LogP contribution in [0.1, 0.15) is 0 Å². The molecule has 1 heterocycles. The Morgan fingerprint density at radius 1 is 1.50 bits per heavy atom. The molecular weight excluding hydrogens is 136 g/mol. The van der Waals surface area contributed by atoms with E-state index in [1.807, 2.05) is 0 Å². The highest BCUT2D eigenvalue weighted by molar-refractivity contribution is 4.85. The Morgan fingerprint density at radius 2 is 2.20 bits per heavy atom. The summed E-state index contributed by atoms with van der Waals surface area (Å²) in [5.74, 6) is 0. The van der Waals surface area contributed by atoms with E-state index in [9.17, 15) is 9.59 Å². The maximum Gasteiger partial charge on any atom is 0.267 e. The molecule has 5 heteroatoms. The van der Waals surface area contributed by atoms with Gasteiger partial charge in [0, 0.05) is 12.1 Å². The predicted octanol–water partition coefficient (Wildman–Crippen LogP) is -1.51. The molecule has 0 saturated heterocycles. The van der Waals surface area contributed by atoms with Gasteiger partial charge < -0.3 is 5.11 Å². The van der Waals surface area contributed by atoms with Crippen LogP contribution in [-0.4, -0.2) is 14.9 Å². The molecule has 0 fully saturated rings. The molecule has 0 bridgehead atoms. The number of aromatic nitrogens is 2. The number of aliphatic hydroxyl groups excluding tert-OH is 1. The molecule has 0 aliphatic heterocycles. The van der Waals surface area contributed by atoms with Crippen LogP contribution in [0.5, 0.6) is 0 Å². The maximum atomic E-state index is 10.6. The summed E-state index contributed by atoms with van der Waals surface area (Å²) in [7, 11) is 0. The van der Waals surface area contributed by atoms with Crippen LogP contribution < -0.4 is 11.1 Å². The fourth-order valence-corrected chi connectivity index (χ4v) is 0.567. The van der Waals surface area contributed by atoms with Crippen molar-refractivity contribution in [1.29, 1.82) is 0 Å². The number of aliphatic hydroxyl groups is 1. The van der Waals surface area contributed by atoms with Crippen molar-refractivity contribution in [2.45, 2.75) is 6.73 Å². The summed E-state index contributed by atoms with van der Waals surface area (Å²) in [5, 5.41) is 10.6. The zero-order valence-corrected chi connectivity index (χ0v) is 5.07. The van der Waals surface area contributed by atoms with Crippen LogP contribution in [0, 0.1) is 0 Å². The summed E-state index contributed by atoms with van der Waals surface area (Å²) in [6.45, 7) is -0.505. The number of H-pyrrole nitrogens is 1. The molecule has 1 aromatic rings. The van der Waals surface area contributed by atoms with Gasteiger partial charge in [0.05, 0.1) is 0 Å². The molecule has 10 heavy (non-hydrogen) atoms. The lowest BCUT2D eigenvalue weighted by atomic mass is 10.6. The minimum Gasteiger partial charge on any atom is -0.374 e. The van der Waals surface area contributed by atoms with Gasteiger partial charge in [-0.2, -0.15) is 0 Å². The summed E-state index contributed by atoms with van der Waals surface area (Å²) in [5.41, 5.74) is -0.837. The van der Waals surface area contributed by atoms with Crippen molar-refractivity contribution in [2.75, 3.05) is 0 Å². The normalized spacial score (nSPS) is 9.70. The lowest BCUT2D eigenvalue weighted by Crippen LogP contribution is -2.27. The van der Waals surface area contributed by atoms with Gasteiger partial charge in [-0.1, -0.05) is 0 Å². The Hall–Kier alpha value is -1.36. The molecule has 2 N–H and O–H groups in total. The molecule has 0 amide bonds. The molecule has 0 spiro atoms. The van der Waals surface area contributed by atoms with Gasteiger partial charge in [-0.3, -0.25) is 14.7 Å². The number of nitrogens with one attached hydrogen (secondary N) is 1. The second kappa shape index (κ2) is 2.49.